The molecular weight excluding hydrogens is 252 g/mol. The number of H-pyrrole nitrogens is 1. The van der Waals surface area contributed by atoms with Crippen LogP contribution in [0, 0.1) is 27.7 Å². The fourth-order valence-corrected chi connectivity index (χ4v) is 2.82. The molecule has 5 nitrogen and oxygen atoms in total. The molecular formula is C15H16N4O. The van der Waals surface area contributed by atoms with E-state index in [0.29, 0.717) is 17.0 Å². The molecule has 0 unspecified atom stereocenters. The number of aromatic nitrogens is 4. The quantitative estimate of drug-likeness (QED) is 0.736. The van der Waals surface area contributed by atoms with E-state index in [-0.39, 0.29) is 5.56 Å². The predicted octanol–water partition coefficient (Wildman–Crippen LogP) is 2.32. The second-order valence-corrected chi connectivity index (χ2v) is 5.17. The Morgan fingerprint density at radius 2 is 1.70 bits per heavy atom. The van der Waals surface area contributed by atoms with E-state index in [4.69, 9.17) is 0 Å². The zero-order valence-electron chi connectivity index (χ0n) is 12.0. The van der Waals surface area contributed by atoms with Crippen LogP contribution in [0.25, 0.3) is 16.9 Å². The molecule has 5 heteroatoms. The van der Waals surface area contributed by atoms with Gasteiger partial charge in [0.05, 0.1) is 11.3 Å². The number of hydrogen-bond acceptors (Lipinski definition) is 3. The second kappa shape index (κ2) is 4.30. The summed E-state index contributed by atoms with van der Waals surface area (Å²) < 4.78 is 1.38. The number of benzene rings is 1. The van der Waals surface area contributed by atoms with Crippen molar-refractivity contribution in [2.75, 3.05) is 0 Å². The van der Waals surface area contributed by atoms with E-state index in [2.05, 4.69) is 34.1 Å². The number of nitrogens with one attached hydrogen (secondary N) is 1. The van der Waals surface area contributed by atoms with Gasteiger partial charge in [0.15, 0.2) is 0 Å². The van der Waals surface area contributed by atoms with Gasteiger partial charge in [-0.05, 0) is 44.4 Å². The highest BCUT2D eigenvalue weighted by molar-refractivity contribution is 5.73. The highest BCUT2D eigenvalue weighted by Gasteiger charge is 2.17. The lowest BCUT2D eigenvalue weighted by Gasteiger charge is -2.12. The van der Waals surface area contributed by atoms with Crippen molar-refractivity contribution in [2.24, 2.45) is 0 Å². The Bertz CT molecular complexity index is 850. The average molecular weight is 268 g/mol. The number of nitrogens with zero attached hydrogens (tertiary/aromatic N) is 3. The molecule has 0 saturated carbocycles. The summed E-state index contributed by atoms with van der Waals surface area (Å²) in [6.45, 7) is 7.95. The zero-order chi connectivity index (χ0) is 14.4. The first-order valence-electron chi connectivity index (χ1n) is 6.50. The maximum atomic E-state index is 12.7. The molecule has 0 aliphatic heterocycles. The lowest BCUT2D eigenvalue weighted by atomic mass is 9.94. The topological polar surface area (TPSA) is 63.1 Å². The molecule has 0 spiro atoms. The minimum Gasteiger partial charge on any atom is -0.278 e. The van der Waals surface area contributed by atoms with Crippen molar-refractivity contribution in [1.29, 1.82) is 0 Å². The molecule has 0 aliphatic rings. The van der Waals surface area contributed by atoms with Crippen molar-refractivity contribution in [3.05, 3.63) is 51.2 Å². The van der Waals surface area contributed by atoms with Crippen molar-refractivity contribution in [2.45, 2.75) is 27.7 Å². The van der Waals surface area contributed by atoms with Gasteiger partial charge in [-0.25, -0.2) is 9.97 Å². The summed E-state index contributed by atoms with van der Waals surface area (Å²) in [5.41, 5.74) is 5.57. The summed E-state index contributed by atoms with van der Waals surface area (Å²) >= 11 is 0. The smallest absolute Gasteiger partial charge is 0.278 e. The second-order valence-electron chi connectivity index (χ2n) is 5.17. The minimum atomic E-state index is -0.111. The average Bonchev–Trinajstić information content (AvgIpc) is 2.80. The molecule has 0 saturated heterocycles. The van der Waals surface area contributed by atoms with E-state index in [1.54, 1.807) is 0 Å². The maximum Gasteiger partial charge on any atom is 0.282 e. The summed E-state index contributed by atoms with van der Waals surface area (Å²) in [7, 11) is 0. The van der Waals surface area contributed by atoms with E-state index >= 15 is 0 Å². The normalized spacial score (nSPS) is 11.2. The Morgan fingerprint density at radius 3 is 2.35 bits per heavy atom. The van der Waals surface area contributed by atoms with Gasteiger partial charge in [-0.1, -0.05) is 17.7 Å². The van der Waals surface area contributed by atoms with Gasteiger partial charge in [-0.15, -0.1) is 0 Å². The number of rotatable bonds is 1. The van der Waals surface area contributed by atoms with Gasteiger partial charge in [-0.3, -0.25) is 9.89 Å². The molecule has 3 rings (SSSR count). The number of aromatic amines is 1. The van der Waals surface area contributed by atoms with Crippen LogP contribution >= 0.6 is 0 Å². The summed E-state index contributed by atoms with van der Waals surface area (Å²) in [5, 5.41) is 2.81. The SMILES string of the molecule is Cc1cc(C)c(-c2c(C)nc3nc[nH]n3c2=O)c(C)c1. The monoisotopic (exact) mass is 268 g/mol. The van der Waals surface area contributed by atoms with Gasteiger partial charge in [0.25, 0.3) is 11.3 Å². The van der Waals surface area contributed by atoms with Crippen LogP contribution in [-0.2, 0) is 0 Å². The van der Waals surface area contributed by atoms with Gasteiger partial charge in [0.1, 0.15) is 6.33 Å². The van der Waals surface area contributed by atoms with Gasteiger partial charge >= 0.3 is 0 Å². The van der Waals surface area contributed by atoms with Gasteiger partial charge in [0.2, 0.25) is 0 Å². The fraction of sp³-hybridized carbons (Fsp3) is 0.267. The molecule has 1 aromatic carbocycles. The van der Waals surface area contributed by atoms with Crippen LogP contribution in [0.15, 0.2) is 23.3 Å². The number of fused-ring (bicyclic) bond motifs is 1. The third-order valence-corrected chi connectivity index (χ3v) is 3.54. The van der Waals surface area contributed by atoms with E-state index in [1.165, 1.54) is 16.4 Å². The molecule has 102 valence electrons. The van der Waals surface area contributed by atoms with Crippen molar-refractivity contribution < 1.29 is 0 Å². The van der Waals surface area contributed by atoms with Gasteiger partial charge in [-0.2, -0.15) is 4.52 Å². The van der Waals surface area contributed by atoms with Crippen LogP contribution in [0.1, 0.15) is 22.4 Å². The Labute approximate surface area is 116 Å². The molecule has 1 N–H and O–H groups in total. The Hall–Kier alpha value is -2.43. The molecule has 0 radical (unpaired) electrons. The zero-order valence-corrected chi connectivity index (χ0v) is 12.0. The van der Waals surface area contributed by atoms with E-state index < -0.39 is 0 Å². The number of hydrogen-bond donors (Lipinski definition) is 1. The minimum absolute atomic E-state index is 0.111. The van der Waals surface area contributed by atoms with Crippen LogP contribution in [0.5, 0.6) is 0 Å². The Balaban J connectivity index is 2.44. The summed E-state index contributed by atoms with van der Waals surface area (Å²) in [6.07, 6.45) is 1.47. The third kappa shape index (κ3) is 1.74. The summed E-state index contributed by atoms with van der Waals surface area (Å²) in [6, 6.07) is 4.17. The maximum absolute atomic E-state index is 12.7. The first-order chi connectivity index (χ1) is 9.49. The highest BCUT2D eigenvalue weighted by Crippen LogP contribution is 2.27. The standard InChI is InChI=1S/C15H16N4O/c1-8-5-9(2)12(10(3)6-8)13-11(4)18-15-16-7-17-19(15)14(13)20/h5-7H,1-4H3,(H,16,17,18). The van der Waals surface area contributed by atoms with Crippen molar-refractivity contribution in [1.82, 2.24) is 19.6 Å². The first kappa shape index (κ1) is 12.6. The number of aryl methyl sites for hydroxylation is 4. The van der Waals surface area contributed by atoms with Crippen LogP contribution in [0.2, 0.25) is 0 Å². The molecule has 0 amide bonds. The molecule has 0 atom stereocenters. The van der Waals surface area contributed by atoms with E-state index in [0.717, 1.165) is 16.7 Å². The third-order valence-electron chi connectivity index (χ3n) is 3.54. The predicted molar refractivity (Wildman–Crippen MR) is 78.0 cm³/mol. The van der Waals surface area contributed by atoms with Crippen molar-refractivity contribution in [3.63, 3.8) is 0 Å². The van der Waals surface area contributed by atoms with Crippen LogP contribution in [0.4, 0.5) is 0 Å². The van der Waals surface area contributed by atoms with Crippen LogP contribution in [-0.4, -0.2) is 19.6 Å². The van der Waals surface area contributed by atoms with Crippen LogP contribution in [0.3, 0.4) is 0 Å². The van der Waals surface area contributed by atoms with Gasteiger partial charge < -0.3 is 0 Å². The summed E-state index contributed by atoms with van der Waals surface area (Å²) in [5.74, 6) is 0.402. The highest BCUT2D eigenvalue weighted by atomic mass is 16.1. The molecule has 0 bridgehead atoms. The first-order valence-corrected chi connectivity index (χ1v) is 6.50. The van der Waals surface area contributed by atoms with Crippen molar-refractivity contribution in [3.8, 4) is 11.1 Å². The molecule has 0 fully saturated rings. The van der Waals surface area contributed by atoms with Gasteiger partial charge in [0, 0.05) is 0 Å². The fourth-order valence-electron chi connectivity index (χ4n) is 2.82. The Morgan fingerprint density at radius 1 is 1.05 bits per heavy atom. The molecule has 20 heavy (non-hydrogen) atoms. The van der Waals surface area contributed by atoms with Crippen molar-refractivity contribution >= 4 is 5.78 Å². The largest absolute Gasteiger partial charge is 0.282 e. The lowest BCUT2D eigenvalue weighted by molar-refractivity contribution is 0.891. The molecule has 0 aliphatic carbocycles. The Kier molecular flexibility index (Phi) is 2.71. The lowest BCUT2D eigenvalue weighted by Crippen LogP contribution is -2.20. The molecule has 2 aromatic heterocycles. The van der Waals surface area contributed by atoms with E-state index in [1.807, 2.05) is 20.8 Å². The molecule has 3 aromatic rings. The van der Waals surface area contributed by atoms with E-state index in [9.17, 15) is 4.79 Å². The molecule has 2 heterocycles. The summed E-state index contributed by atoms with van der Waals surface area (Å²) in [4.78, 5) is 21.1. The van der Waals surface area contributed by atoms with Crippen LogP contribution < -0.4 is 5.56 Å².